The third-order valence-corrected chi connectivity index (χ3v) is 3.15. The largest absolute Gasteiger partial charge is 2.00 e. The van der Waals surface area contributed by atoms with Gasteiger partial charge >= 0.3 is 52.4 Å². The molecule has 228 valence electrons. The Bertz CT molecular complexity index is 782. The first-order valence-electron chi connectivity index (χ1n) is 10.9. The van der Waals surface area contributed by atoms with E-state index in [2.05, 4.69) is 0 Å². The van der Waals surface area contributed by atoms with Gasteiger partial charge in [0.15, 0.2) is 0 Å². The molecule has 0 saturated heterocycles. The topological polar surface area (TPSA) is 297 Å². The van der Waals surface area contributed by atoms with Crippen LogP contribution < -0.4 is 20.4 Å². The van der Waals surface area contributed by atoms with E-state index >= 15 is 0 Å². The van der Waals surface area contributed by atoms with Crippen LogP contribution in [0.25, 0.3) is 0 Å². The number of hydrogen-bond acceptors (Lipinski definition) is 16. The Morgan fingerprint density at radius 2 is 0.429 bits per heavy atom. The first kappa shape index (κ1) is 51.7. The molecule has 0 radical (unpaired) electrons. The number of aliphatic carboxylic acids is 4. The van der Waals surface area contributed by atoms with E-state index in [1.807, 2.05) is 0 Å². The summed E-state index contributed by atoms with van der Waals surface area (Å²) in [6.45, 7) is 4.92. The fourth-order valence-corrected chi connectivity index (χ4v) is 2.00. The van der Waals surface area contributed by atoms with Gasteiger partial charge in [0, 0.05) is 49.6 Å². The Balaban J connectivity index is -0.000000101. The van der Waals surface area contributed by atoms with Gasteiger partial charge in [-0.1, -0.05) is 0 Å². The molecular weight excluding hydrogens is 727 g/mol. The first-order valence-corrected chi connectivity index (χ1v) is 10.9. The molecule has 0 amide bonds. The molecule has 0 aromatic carbocycles. The van der Waals surface area contributed by atoms with Gasteiger partial charge in [0.05, 0.1) is 25.7 Å². The summed E-state index contributed by atoms with van der Waals surface area (Å²) >= 11 is 0. The number of carboxylic acids is 4. The molecule has 16 nitrogen and oxygen atoms in total. The molecule has 0 fully saturated rings. The van der Waals surface area contributed by atoms with E-state index < -0.39 is 72.7 Å². The number of carbonyl (C=O) groups excluding carboxylic acids is 12. The zero-order valence-corrected chi connectivity index (χ0v) is 28.1. The van der Waals surface area contributed by atoms with E-state index in [9.17, 15) is 78.0 Å². The van der Waals surface area contributed by atoms with Crippen molar-refractivity contribution in [1.29, 1.82) is 0 Å². The van der Waals surface area contributed by atoms with Crippen LogP contribution in [0.4, 0.5) is 0 Å². The molecule has 0 aliphatic carbocycles. The van der Waals surface area contributed by atoms with Gasteiger partial charge < -0.3 is 39.6 Å². The van der Waals surface area contributed by atoms with E-state index in [-0.39, 0.29) is 101 Å². The minimum atomic E-state index is -1.44. The molecule has 0 rings (SSSR count). The predicted octanol–water partition coefficient (Wildman–Crippen LogP) is -5.31. The molecule has 0 aromatic heterocycles. The average molecular weight is 755 g/mol. The van der Waals surface area contributed by atoms with Gasteiger partial charge in [-0.05, 0) is 27.7 Å². The molecule has 0 spiro atoms. The van der Waals surface area contributed by atoms with Crippen molar-refractivity contribution in [3.05, 3.63) is 0 Å². The summed E-state index contributed by atoms with van der Waals surface area (Å²) in [6.07, 6.45) is -3.91. The van der Waals surface area contributed by atoms with E-state index in [4.69, 9.17) is 0 Å². The maximum Gasteiger partial charge on any atom is 2.00 e. The van der Waals surface area contributed by atoms with E-state index in [1.54, 1.807) is 0 Å². The molecule has 0 unspecified atom stereocenters. The molecule has 18 heteroatoms. The van der Waals surface area contributed by atoms with Crippen molar-refractivity contribution in [1.82, 2.24) is 0 Å². The van der Waals surface area contributed by atoms with Crippen LogP contribution in [-0.4, -0.2) is 70.1 Å². The number of Topliss-reactive ketones (excluding diaryl/α,β-unsaturated/α-hetero) is 8. The van der Waals surface area contributed by atoms with Crippen molar-refractivity contribution in [3.8, 4) is 0 Å². The summed E-state index contributed by atoms with van der Waals surface area (Å²) in [5.41, 5.74) is 0. The molecular formula is C24H28O16Zr2. The molecule has 0 aromatic rings. The zero-order chi connectivity index (χ0) is 32.6. The summed E-state index contributed by atoms with van der Waals surface area (Å²) in [6, 6.07) is 0. The quantitative estimate of drug-likeness (QED) is 0.133. The Hall–Kier alpha value is -2.99. The van der Waals surface area contributed by atoms with Gasteiger partial charge in [0.1, 0.15) is 46.3 Å². The van der Waals surface area contributed by atoms with E-state index in [0.29, 0.717) is 0 Å². The summed E-state index contributed by atoms with van der Waals surface area (Å²) in [5.74, 6) is -9.48. The standard InChI is InChI=1S/4C6H8O4.2Zr/c4*1-4(7)2-5(8)3-6(9)10;;/h4*2-3H2,1H3,(H,9,10);;/q;;;;2*+2/p-4. The fourth-order valence-electron chi connectivity index (χ4n) is 2.00. The van der Waals surface area contributed by atoms with Crippen molar-refractivity contribution >= 4 is 70.1 Å². The summed E-state index contributed by atoms with van der Waals surface area (Å²) in [4.78, 5) is 121. The number of ketones is 8. The predicted molar refractivity (Wildman–Crippen MR) is 120 cm³/mol. The Morgan fingerprint density at radius 3 is 0.500 bits per heavy atom. The maximum atomic E-state index is 10.4. The maximum absolute atomic E-state index is 10.4. The molecule has 0 N–H and O–H groups in total. The van der Waals surface area contributed by atoms with Gasteiger partial charge in [0.25, 0.3) is 0 Å². The van der Waals surface area contributed by atoms with Crippen LogP contribution in [-0.2, 0) is 110 Å². The van der Waals surface area contributed by atoms with Crippen molar-refractivity contribution < 1.29 is 130 Å². The zero-order valence-electron chi connectivity index (χ0n) is 23.2. The molecule has 0 aliphatic rings. The van der Waals surface area contributed by atoms with Crippen molar-refractivity contribution in [3.63, 3.8) is 0 Å². The minimum absolute atomic E-state index is 0. The Morgan fingerprint density at radius 1 is 0.310 bits per heavy atom. The van der Waals surface area contributed by atoms with Crippen LogP contribution >= 0.6 is 0 Å². The van der Waals surface area contributed by atoms with Crippen LogP contribution in [0, 0.1) is 0 Å². The smallest absolute Gasteiger partial charge is 0.550 e. The van der Waals surface area contributed by atoms with Crippen molar-refractivity contribution in [2.45, 2.75) is 79.1 Å². The molecule has 0 bridgehead atoms. The fraction of sp³-hybridized carbons (Fsp3) is 0.500. The summed E-state index contributed by atoms with van der Waals surface area (Å²) < 4.78 is 0. The molecule has 0 aliphatic heterocycles. The van der Waals surface area contributed by atoms with Crippen LogP contribution in [0.5, 0.6) is 0 Å². The number of carboxylic acid groups (broad SMARTS) is 4. The van der Waals surface area contributed by atoms with Crippen LogP contribution in [0.3, 0.4) is 0 Å². The van der Waals surface area contributed by atoms with Crippen LogP contribution in [0.2, 0.25) is 0 Å². The second-order valence-electron chi connectivity index (χ2n) is 7.87. The van der Waals surface area contributed by atoms with Gasteiger partial charge in [-0.3, -0.25) is 38.4 Å². The monoisotopic (exact) mass is 752 g/mol. The third-order valence-electron chi connectivity index (χ3n) is 3.15. The van der Waals surface area contributed by atoms with E-state index in [1.165, 1.54) is 27.7 Å². The van der Waals surface area contributed by atoms with Crippen molar-refractivity contribution in [2.24, 2.45) is 0 Å². The number of rotatable bonds is 16. The second-order valence-corrected chi connectivity index (χ2v) is 7.87. The summed E-state index contributed by atoms with van der Waals surface area (Å²) in [5, 5.41) is 39.0. The number of carbonyl (C=O) groups is 12. The molecule has 0 heterocycles. The third kappa shape index (κ3) is 57.0. The van der Waals surface area contributed by atoms with E-state index in [0.717, 1.165) is 0 Å². The molecule has 42 heavy (non-hydrogen) atoms. The minimum Gasteiger partial charge on any atom is -0.550 e. The Labute approximate surface area is 278 Å². The van der Waals surface area contributed by atoms with Gasteiger partial charge in [0.2, 0.25) is 0 Å². The normalized spacial score (nSPS) is 8.48. The van der Waals surface area contributed by atoms with Gasteiger partial charge in [-0.25, -0.2) is 0 Å². The average Bonchev–Trinajstić information content (AvgIpc) is 2.63. The first-order chi connectivity index (χ1) is 18.1. The van der Waals surface area contributed by atoms with Gasteiger partial charge in [-0.2, -0.15) is 0 Å². The van der Waals surface area contributed by atoms with Gasteiger partial charge in [-0.15, -0.1) is 0 Å². The summed E-state index contributed by atoms with van der Waals surface area (Å²) in [7, 11) is 0. The molecule has 0 saturated carbocycles. The van der Waals surface area contributed by atoms with Crippen LogP contribution in [0.15, 0.2) is 0 Å². The number of hydrogen-bond donors (Lipinski definition) is 0. The van der Waals surface area contributed by atoms with Crippen LogP contribution in [0.1, 0.15) is 79.1 Å². The second kappa shape index (κ2) is 31.0. The molecule has 0 atom stereocenters. The SMILES string of the molecule is CC(=O)CC(=O)CC(=O)[O-].CC(=O)CC(=O)CC(=O)[O-].CC(=O)CC(=O)CC(=O)[O-].CC(=O)CC(=O)CC(=O)[O-].[Zr+2].[Zr+2]. The van der Waals surface area contributed by atoms with Crippen molar-refractivity contribution in [2.75, 3.05) is 0 Å². The Kier molecular flexibility index (Phi) is 38.1.